The Labute approximate surface area is 183 Å². The molecule has 1 atom stereocenters. The second kappa shape index (κ2) is 12.8. The van der Waals surface area contributed by atoms with E-state index in [1.54, 1.807) is 6.07 Å². The molecule has 1 aliphatic rings. The molecule has 1 unspecified atom stereocenters. The number of carbonyl (C=O) groups is 2. The van der Waals surface area contributed by atoms with Gasteiger partial charge in [0.05, 0.1) is 25.0 Å². The first kappa shape index (κ1) is 24.5. The molecule has 31 heavy (non-hydrogen) atoms. The summed E-state index contributed by atoms with van der Waals surface area (Å²) in [4.78, 5) is 25.9. The molecule has 2 aromatic rings. The smallest absolute Gasteiger partial charge is 0.337 e. The number of nitrogens with zero attached hydrogens (tertiary/aromatic N) is 1. The van der Waals surface area contributed by atoms with Gasteiger partial charge in [-0.2, -0.15) is 0 Å². The van der Waals surface area contributed by atoms with E-state index in [0.29, 0.717) is 18.6 Å². The van der Waals surface area contributed by atoms with Crippen molar-refractivity contribution < 1.29 is 28.9 Å². The molecule has 0 spiro atoms. The van der Waals surface area contributed by atoms with Crippen LogP contribution < -0.4 is 0 Å². The third-order valence-electron chi connectivity index (χ3n) is 4.64. The summed E-state index contributed by atoms with van der Waals surface area (Å²) < 4.78 is 16.2. The summed E-state index contributed by atoms with van der Waals surface area (Å²) >= 11 is 0. The fourth-order valence-corrected chi connectivity index (χ4v) is 3.16. The van der Waals surface area contributed by atoms with Gasteiger partial charge in [0.25, 0.3) is 0 Å². The number of hydrogen-bond donors (Lipinski definition) is 1. The monoisotopic (exact) mass is 429 g/mol. The van der Waals surface area contributed by atoms with Crippen molar-refractivity contribution in [3.05, 3.63) is 53.3 Å². The average Bonchev–Trinajstić information content (AvgIpc) is 2.78. The zero-order valence-corrected chi connectivity index (χ0v) is 18.4. The van der Waals surface area contributed by atoms with Gasteiger partial charge in [-0.25, -0.2) is 4.79 Å². The SMILES string of the molecule is CCCC(=O)O.COC(=O)c1cccc(-c2cc(C)nc(COC3CCCCO3)c2)c1. The summed E-state index contributed by atoms with van der Waals surface area (Å²) in [7, 11) is 1.38. The van der Waals surface area contributed by atoms with Crippen molar-refractivity contribution in [1.29, 1.82) is 0 Å². The maximum absolute atomic E-state index is 11.7. The van der Waals surface area contributed by atoms with Crippen LogP contribution in [0.2, 0.25) is 0 Å². The fraction of sp³-hybridized carbons (Fsp3) is 0.458. The maximum atomic E-state index is 11.7. The number of rotatable bonds is 7. The van der Waals surface area contributed by atoms with E-state index < -0.39 is 5.97 Å². The van der Waals surface area contributed by atoms with Crippen LogP contribution in [0.3, 0.4) is 0 Å². The normalized spacial score (nSPS) is 15.5. The van der Waals surface area contributed by atoms with Crippen LogP contribution in [-0.4, -0.2) is 42.0 Å². The fourth-order valence-electron chi connectivity index (χ4n) is 3.16. The van der Waals surface area contributed by atoms with Gasteiger partial charge in [0.15, 0.2) is 6.29 Å². The highest BCUT2D eigenvalue weighted by Gasteiger charge is 2.15. The minimum Gasteiger partial charge on any atom is -0.481 e. The lowest BCUT2D eigenvalue weighted by Gasteiger charge is -2.22. The molecule has 7 heteroatoms. The molecular formula is C24H31NO6. The van der Waals surface area contributed by atoms with E-state index in [-0.39, 0.29) is 12.3 Å². The highest BCUT2D eigenvalue weighted by atomic mass is 16.7. The number of aliphatic carboxylic acids is 1. The Kier molecular flexibility index (Phi) is 10.1. The largest absolute Gasteiger partial charge is 0.481 e. The quantitative estimate of drug-likeness (QED) is 0.634. The molecule has 1 fully saturated rings. The molecule has 1 aliphatic heterocycles. The molecule has 0 amide bonds. The molecule has 1 aromatic heterocycles. The lowest BCUT2D eigenvalue weighted by atomic mass is 10.0. The zero-order valence-electron chi connectivity index (χ0n) is 18.4. The molecule has 0 aliphatic carbocycles. The molecule has 1 aromatic carbocycles. The predicted octanol–water partition coefficient (Wildman–Crippen LogP) is 4.76. The van der Waals surface area contributed by atoms with Gasteiger partial charge in [0, 0.05) is 18.7 Å². The second-order valence-corrected chi connectivity index (χ2v) is 7.31. The Morgan fingerprint density at radius 1 is 1.19 bits per heavy atom. The Hall–Kier alpha value is -2.77. The number of carbonyl (C=O) groups excluding carboxylic acids is 1. The Balaban J connectivity index is 0.000000501. The van der Waals surface area contributed by atoms with Crippen molar-refractivity contribution in [1.82, 2.24) is 4.98 Å². The van der Waals surface area contributed by atoms with Crippen LogP contribution in [0.4, 0.5) is 0 Å². The summed E-state index contributed by atoms with van der Waals surface area (Å²) in [5, 5.41) is 7.91. The molecule has 1 saturated heterocycles. The molecule has 0 bridgehead atoms. The minimum atomic E-state index is -0.711. The average molecular weight is 430 g/mol. The third-order valence-corrected chi connectivity index (χ3v) is 4.64. The minimum absolute atomic E-state index is 0.137. The second-order valence-electron chi connectivity index (χ2n) is 7.31. The first-order valence-corrected chi connectivity index (χ1v) is 10.5. The number of carboxylic acids is 1. The highest BCUT2D eigenvalue weighted by Crippen LogP contribution is 2.23. The van der Waals surface area contributed by atoms with Gasteiger partial charge in [-0.3, -0.25) is 9.78 Å². The molecule has 3 rings (SSSR count). The number of esters is 1. The number of carboxylic acid groups (broad SMARTS) is 1. The van der Waals surface area contributed by atoms with Gasteiger partial charge in [0.1, 0.15) is 0 Å². The Morgan fingerprint density at radius 2 is 2.00 bits per heavy atom. The van der Waals surface area contributed by atoms with E-state index in [9.17, 15) is 9.59 Å². The molecule has 7 nitrogen and oxygen atoms in total. The van der Waals surface area contributed by atoms with Crippen molar-refractivity contribution in [3.8, 4) is 11.1 Å². The van der Waals surface area contributed by atoms with Gasteiger partial charge in [-0.1, -0.05) is 19.1 Å². The maximum Gasteiger partial charge on any atom is 0.337 e. The van der Waals surface area contributed by atoms with E-state index in [1.165, 1.54) is 7.11 Å². The van der Waals surface area contributed by atoms with Crippen LogP contribution in [0.1, 0.15) is 60.8 Å². The van der Waals surface area contributed by atoms with Crippen molar-refractivity contribution >= 4 is 11.9 Å². The van der Waals surface area contributed by atoms with Gasteiger partial charge in [-0.05, 0) is 68.0 Å². The standard InChI is InChI=1S/C20H23NO4.C4H8O2/c1-14-10-17(15-6-5-7-16(11-15)20(22)23-2)12-18(21-14)13-25-19-8-3-4-9-24-19;1-2-3-4(5)6/h5-7,10-12,19H,3-4,8-9,13H2,1-2H3;2-3H2,1H3,(H,5,6). The lowest BCUT2D eigenvalue weighted by Crippen LogP contribution is -2.22. The third kappa shape index (κ3) is 8.47. The molecule has 168 valence electrons. The molecule has 0 saturated carbocycles. The van der Waals surface area contributed by atoms with Gasteiger partial charge in [0.2, 0.25) is 0 Å². The van der Waals surface area contributed by atoms with Crippen molar-refractivity contribution in [3.63, 3.8) is 0 Å². The highest BCUT2D eigenvalue weighted by molar-refractivity contribution is 5.91. The number of ether oxygens (including phenoxy) is 3. The van der Waals surface area contributed by atoms with Crippen molar-refractivity contribution in [2.24, 2.45) is 0 Å². The van der Waals surface area contributed by atoms with Crippen LogP contribution in [0, 0.1) is 6.92 Å². The first-order chi connectivity index (χ1) is 14.9. The molecular weight excluding hydrogens is 398 g/mol. The van der Waals surface area contributed by atoms with Crippen molar-refractivity contribution in [2.45, 2.75) is 58.8 Å². The van der Waals surface area contributed by atoms with Crippen LogP contribution in [-0.2, 0) is 25.6 Å². The number of benzene rings is 1. The summed E-state index contributed by atoms with van der Waals surface area (Å²) in [5.74, 6) is -1.05. The van der Waals surface area contributed by atoms with Crippen LogP contribution in [0.5, 0.6) is 0 Å². The predicted molar refractivity (Wildman–Crippen MR) is 117 cm³/mol. The van der Waals surface area contributed by atoms with E-state index in [2.05, 4.69) is 4.98 Å². The lowest BCUT2D eigenvalue weighted by molar-refractivity contribution is -0.169. The topological polar surface area (TPSA) is 95.0 Å². The number of pyridine rings is 1. The number of aromatic nitrogens is 1. The first-order valence-electron chi connectivity index (χ1n) is 10.5. The number of methoxy groups -OCH3 is 1. The summed E-state index contributed by atoms with van der Waals surface area (Å²) in [5.41, 5.74) is 4.24. The molecule has 1 N–H and O–H groups in total. The van der Waals surface area contributed by atoms with Gasteiger partial charge in [-0.15, -0.1) is 0 Å². The number of aryl methyl sites for hydroxylation is 1. The Morgan fingerprint density at radius 3 is 2.61 bits per heavy atom. The Bertz CT molecular complexity index is 861. The molecule has 0 radical (unpaired) electrons. The van der Waals surface area contributed by atoms with E-state index in [0.717, 1.165) is 54.8 Å². The zero-order chi connectivity index (χ0) is 22.6. The van der Waals surface area contributed by atoms with E-state index >= 15 is 0 Å². The van der Waals surface area contributed by atoms with Crippen LogP contribution in [0.15, 0.2) is 36.4 Å². The number of hydrogen-bond acceptors (Lipinski definition) is 6. The molecule has 2 heterocycles. The summed E-state index contributed by atoms with van der Waals surface area (Å²) in [6, 6.07) is 11.4. The summed E-state index contributed by atoms with van der Waals surface area (Å²) in [6.07, 6.45) is 4.05. The van der Waals surface area contributed by atoms with Crippen LogP contribution in [0.25, 0.3) is 11.1 Å². The van der Waals surface area contributed by atoms with Gasteiger partial charge < -0.3 is 19.3 Å². The van der Waals surface area contributed by atoms with E-state index in [1.807, 2.05) is 44.2 Å². The van der Waals surface area contributed by atoms with Crippen LogP contribution >= 0.6 is 0 Å². The van der Waals surface area contributed by atoms with E-state index in [4.69, 9.17) is 19.3 Å². The summed E-state index contributed by atoms with van der Waals surface area (Å²) in [6.45, 7) is 4.97. The van der Waals surface area contributed by atoms with Crippen molar-refractivity contribution in [2.75, 3.05) is 13.7 Å². The van der Waals surface area contributed by atoms with Gasteiger partial charge >= 0.3 is 11.9 Å².